The van der Waals surface area contributed by atoms with Crippen molar-refractivity contribution in [2.75, 3.05) is 38.0 Å². The first-order valence-corrected chi connectivity index (χ1v) is 8.60. The SMILES string of the molecule is O=C1NCCN1CCNc1ncnc2c1CCN(C(=O)C1CC1)C2. The summed E-state index contributed by atoms with van der Waals surface area (Å²) >= 11 is 0. The minimum absolute atomic E-state index is 0.00394. The van der Waals surface area contributed by atoms with E-state index in [1.54, 1.807) is 11.2 Å². The second-order valence-corrected chi connectivity index (χ2v) is 6.58. The lowest BCUT2D eigenvalue weighted by molar-refractivity contribution is -0.133. The molecule has 2 N–H and O–H groups in total. The van der Waals surface area contributed by atoms with E-state index in [0.717, 1.165) is 49.4 Å². The minimum Gasteiger partial charge on any atom is -0.368 e. The monoisotopic (exact) mass is 330 g/mol. The number of nitrogens with one attached hydrogen (secondary N) is 2. The Bertz CT molecular complexity index is 660. The quantitative estimate of drug-likeness (QED) is 0.805. The van der Waals surface area contributed by atoms with Gasteiger partial charge in [-0.05, 0) is 19.3 Å². The summed E-state index contributed by atoms with van der Waals surface area (Å²) in [7, 11) is 0. The predicted octanol–water partition coefficient (Wildman–Crippen LogP) is 0.208. The lowest BCUT2D eigenvalue weighted by Crippen LogP contribution is -2.38. The Morgan fingerprint density at radius 2 is 2.21 bits per heavy atom. The average Bonchev–Trinajstić information content (AvgIpc) is 3.37. The number of fused-ring (bicyclic) bond motifs is 1. The summed E-state index contributed by atoms with van der Waals surface area (Å²) < 4.78 is 0. The fourth-order valence-corrected chi connectivity index (χ4v) is 3.32. The second-order valence-electron chi connectivity index (χ2n) is 6.58. The van der Waals surface area contributed by atoms with Gasteiger partial charge in [0, 0.05) is 44.2 Å². The standard InChI is InChI=1S/C16H22N6O2/c23-15(11-1-2-11)22-6-3-12-13(9-22)19-10-20-14(12)17-4-7-21-8-5-18-16(21)24/h10-11H,1-9H2,(H,18,24)(H,17,19,20). The number of amides is 3. The third-order valence-corrected chi connectivity index (χ3v) is 4.86. The first-order valence-electron chi connectivity index (χ1n) is 8.60. The van der Waals surface area contributed by atoms with Crippen molar-refractivity contribution in [3.63, 3.8) is 0 Å². The topological polar surface area (TPSA) is 90.5 Å². The van der Waals surface area contributed by atoms with Crippen LogP contribution in [0.4, 0.5) is 10.6 Å². The number of aromatic nitrogens is 2. The van der Waals surface area contributed by atoms with Gasteiger partial charge in [-0.25, -0.2) is 14.8 Å². The van der Waals surface area contributed by atoms with E-state index in [0.29, 0.717) is 26.2 Å². The van der Waals surface area contributed by atoms with Crippen LogP contribution in [0.25, 0.3) is 0 Å². The Balaban J connectivity index is 1.38. The zero-order valence-corrected chi connectivity index (χ0v) is 13.6. The van der Waals surface area contributed by atoms with Gasteiger partial charge in [0.1, 0.15) is 12.1 Å². The zero-order chi connectivity index (χ0) is 16.5. The molecule has 2 aliphatic heterocycles. The van der Waals surface area contributed by atoms with Crippen LogP contribution in [-0.2, 0) is 17.8 Å². The van der Waals surface area contributed by atoms with Gasteiger partial charge in [-0.2, -0.15) is 0 Å². The molecule has 0 aromatic carbocycles. The van der Waals surface area contributed by atoms with Gasteiger partial charge in [0.15, 0.2) is 0 Å². The van der Waals surface area contributed by atoms with Gasteiger partial charge in [0.2, 0.25) is 5.91 Å². The van der Waals surface area contributed by atoms with Gasteiger partial charge in [-0.1, -0.05) is 0 Å². The predicted molar refractivity (Wildman–Crippen MR) is 87.3 cm³/mol. The molecule has 2 fully saturated rings. The van der Waals surface area contributed by atoms with E-state index in [1.165, 1.54) is 0 Å². The van der Waals surface area contributed by atoms with Crippen molar-refractivity contribution in [2.24, 2.45) is 5.92 Å². The van der Waals surface area contributed by atoms with Gasteiger partial charge in [-0.3, -0.25) is 4.79 Å². The molecule has 0 unspecified atom stereocenters. The first kappa shape index (κ1) is 15.2. The highest BCUT2D eigenvalue weighted by atomic mass is 16.2. The van der Waals surface area contributed by atoms with Crippen LogP contribution in [0, 0.1) is 5.92 Å². The van der Waals surface area contributed by atoms with Crippen LogP contribution >= 0.6 is 0 Å². The molecule has 128 valence electrons. The van der Waals surface area contributed by atoms with Crippen LogP contribution in [0.15, 0.2) is 6.33 Å². The van der Waals surface area contributed by atoms with Crippen LogP contribution < -0.4 is 10.6 Å². The Morgan fingerprint density at radius 1 is 1.33 bits per heavy atom. The van der Waals surface area contributed by atoms with Gasteiger partial charge in [0.25, 0.3) is 0 Å². The van der Waals surface area contributed by atoms with Gasteiger partial charge < -0.3 is 20.4 Å². The molecule has 8 nitrogen and oxygen atoms in total. The number of carbonyl (C=O) groups excluding carboxylic acids is 2. The molecule has 0 radical (unpaired) electrons. The number of urea groups is 1. The summed E-state index contributed by atoms with van der Waals surface area (Å²) in [4.78, 5) is 36.2. The lowest BCUT2D eigenvalue weighted by atomic mass is 10.0. The smallest absolute Gasteiger partial charge is 0.317 e. The summed E-state index contributed by atoms with van der Waals surface area (Å²) in [6.07, 6.45) is 4.39. The Labute approximate surface area is 140 Å². The van der Waals surface area contributed by atoms with E-state index in [-0.39, 0.29) is 17.9 Å². The van der Waals surface area contributed by atoms with Crippen LogP contribution in [0.1, 0.15) is 24.1 Å². The number of carbonyl (C=O) groups is 2. The molecule has 4 rings (SSSR count). The van der Waals surface area contributed by atoms with Crippen LogP contribution in [-0.4, -0.2) is 64.4 Å². The molecule has 1 aliphatic carbocycles. The van der Waals surface area contributed by atoms with Crippen molar-refractivity contribution in [3.05, 3.63) is 17.6 Å². The molecule has 0 atom stereocenters. The Hall–Kier alpha value is -2.38. The zero-order valence-electron chi connectivity index (χ0n) is 13.6. The van der Waals surface area contributed by atoms with Crippen LogP contribution in [0.2, 0.25) is 0 Å². The lowest BCUT2D eigenvalue weighted by Gasteiger charge is -2.29. The molecule has 3 aliphatic rings. The molecule has 0 bridgehead atoms. The van der Waals surface area contributed by atoms with Crippen molar-refractivity contribution in [1.82, 2.24) is 25.1 Å². The van der Waals surface area contributed by atoms with Crippen molar-refractivity contribution in [2.45, 2.75) is 25.8 Å². The maximum atomic E-state index is 12.2. The summed E-state index contributed by atoms with van der Waals surface area (Å²) in [6.45, 7) is 4.08. The molecular weight excluding hydrogens is 308 g/mol. The van der Waals surface area contributed by atoms with E-state index in [4.69, 9.17) is 0 Å². The largest absolute Gasteiger partial charge is 0.368 e. The van der Waals surface area contributed by atoms with Gasteiger partial charge in [-0.15, -0.1) is 0 Å². The summed E-state index contributed by atoms with van der Waals surface area (Å²) in [5, 5.41) is 6.12. The van der Waals surface area contributed by atoms with Gasteiger partial charge in [0.05, 0.1) is 12.2 Å². The highest BCUT2D eigenvalue weighted by molar-refractivity contribution is 5.81. The molecule has 1 saturated carbocycles. The molecule has 1 saturated heterocycles. The minimum atomic E-state index is -0.00394. The molecule has 24 heavy (non-hydrogen) atoms. The summed E-state index contributed by atoms with van der Waals surface area (Å²) in [5.74, 6) is 1.35. The summed E-state index contributed by atoms with van der Waals surface area (Å²) in [5.41, 5.74) is 2.04. The molecule has 3 amide bonds. The number of nitrogens with zero attached hydrogens (tertiary/aromatic N) is 4. The van der Waals surface area contributed by atoms with E-state index < -0.39 is 0 Å². The normalized spacial score (nSPS) is 19.9. The van der Waals surface area contributed by atoms with Crippen LogP contribution in [0.3, 0.4) is 0 Å². The van der Waals surface area contributed by atoms with Crippen LogP contribution in [0.5, 0.6) is 0 Å². The fourth-order valence-electron chi connectivity index (χ4n) is 3.32. The summed E-state index contributed by atoms with van der Waals surface area (Å²) in [6, 6.07) is -0.00394. The van der Waals surface area contributed by atoms with Gasteiger partial charge >= 0.3 is 6.03 Å². The molecule has 0 spiro atoms. The third kappa shape index (κ3) is 3.00. The number of hydrogen-bond donors (Lipinski definition) is 2. The molecule has 3 heterocycles. The third-order valence-electron chi connectivity index (χ3n) is 4.86. The average molecular weight is 330 g/mol. The molecular formula is C16H22N6O2. The molecule has 1 aromatic heterocycles. The molecule has 8 heteroatoms. The number of hydrogen-bond acceptors (Lipinski definition) is 5. The molecule has 1 aromatic rings. The first-order chi connectivity index (χ1) is 11.7. The van der Waals surface area contributed by atoms with E-state index in [2.05, 4.69) is 20.6 Å². The van der Waals surface area contributed by atoms with Crippen molar-refractivity contribution in [1.29, 1.82) is 0 Å². The van der Waals surface area contributed by atoms with E-state index in [9.17, 15) is 9.59 Å². The second kappa shape index (κ2) is 6.26. The number of rotatable bonds is 5. The fraction of sp³-hybridized carbons (Fsp3) is 0.625. The number of anilines is 1. The van der Waals surface area contributed by atoms with Crippen molar-refractivity contribution in [3.8, 4) is 0 Å². The Morgan fingerprint density at radius 3 is 2.96 bits per heavy atom. The van der Waals surface area contributed by atoms with E-state index >= 15 is 0 Å². The maximum Gasteiger partial charge on any atom is 0.317 e. The van der Waals surface area contributed by atoms with Crippen molar-refractivity contribution >= 4 is 17.8 Å². The Kier molecular flexibility index (Phi) is 3.95. The highest BCUT2D eigenvalue weighted by Crippen LogP contribution is 2.33. The van der Waals surface area contributed by atoms with Crippen molar-refractivity contribution < 1.29 is 9.59 Å². The van der Waals surface area contributed by atoms with E-state index in [1.807, 2.05) is 4.90 Å². The highest BCUT2D eigenvalue weighted by Gasteiger charge is 2.35. The maximum absolute atomic E-state index is 12.2.